The zero-order valence-electron chi connectivity index (χ0n) is 29.8. The Bertz CT molecular complexity index is 3190. The molecule has 3 heteroatoms. The van der Waals surface area contributed by atoms with Crippen molar-refractivity contribution in [1.29, 1.82) is 0 Å². The zero-order valence-corrected chi connectivity index (χ0v) is 30.6. The average Bonchev–Trinajstić information content (AvgIpc) is 3.84. The van der Waals surface area contributed by atoms with Crippen LogP contribution in [0.1, 0.15) is 0 Å². The molecular weight excluding hydrogens is 687 g/mol. The number of fused-ring (bicyclic) bond motifs is 7. The normalized spacial score (nSPS) is 11.6. The summed E-state index contributed by atoms with van der Waals surface area (Å²) < 4.78 is 9.60. The monoisotopic (exact) mass is 719 g/mol. The van der Waals surface area contributed by atoms with Crippen LogP contribution in [-0.4, -0.2) is 0 Å². The number of hydrogen-bond donors (Lipinski definition) is 0. The Labute approximate surface area is 322 Å². The predicted octanol–water partition coefficient (Wildman–Crippen LogP) is 15.6. The fraction of sp³-hybridized carbons (Fsp3) is 0. The van der Waals surface area contributed by atoms with Gasteiger partial charge in [-0.2, -0.15) is 0 Å². The van der Waals surface area contributed by atoms with Gasteiger partial charge in [0, 0.05) is 42.2 Å². The summed E-state index contributed by atoms with van der Waals surface area (Å²) in [4.78, 5) is 2.41. The second-order valence-corrected chi connectivity index (χ2v) is 15.1. The Hall–Kier alpha value is -6.94. The predicted molar refractivity (Wildman–Crippen MR) is 235 cm³/mol. The van der Waals surface area contributed by atoms with E-state index >= 15 is 0 Å². The van der Waals surface area contributed by atoms with Crippen molar-refractivity contribution in [2.75, 3.05) is 4.90 Å². The van der Waals surface area contributed by atoms with Crippen molar-refractivity contribution < 1.29 is 4.42 Å². The van der Waals surface area contributed by atoms with Crippen LogP contribution in [-0.2, 0) is 0 Å². The molecule has 2 nitrogen and oxygen atoms in total. The summed E-state index contributed by atoms with van der Waals surface area (Å²) in [5, 5.41) is 7.17. The van der Waals surface area contributed by atoms with E-state index in [0.29, 0.717) is 0 Å². The van der Waals surface area contributed by atoms with Gasteiger partial charge in [-0.1, -0.05) is 170 Å². The summed E-state index contributed by atoms with van der Waals surface area (Å²) in [6, 6.07) is 72.0. The SMILES string of the molecule is c1ccc(-c2cccc3c2oc2c(N(c4ccc(-c5cccc6ccccc56)cc4)c4ccc(-c5ccccc5)c5sc6ccccc6c45)cccc23)cc1. The van der Waals surface area contributed by atoms with E-state index in [2.05, 4.69) is 205 Å². The molecular formula is C52H33NOS. The van der Waals surface area contributed by atoms with Crippen molar-refractivity contribution in [2.45, 2.75) is 0 Å². The number of rotatable bonds is 6. The topological polar surface area (TPSA) is 16.4 Å². The highest BCUT2D eigenvalue weighted by molar-refractivity contribution is 7.26. The minimum absolute atomic E-state index is 0.860. The van der Waals surface area contributed by atoms with Crippen molar-refractivity contribution in [3.8, 4) is 33.4 Å². The summed E-state index contributed by atoms with van der Waals surface area (Å²) in [5.41, 5.74) is 12.0. The molecule has 258 valence electrons. The molecule has 0 aliphatic carbocycles. The standard InChI is InChI=1S/C52H33NOS/c1-3-14-35(15-4-1)41-23-12-24-43-44-25-13-26-47(51(44)54-50(41)43)53(38-30-28-37(29-31-38)40-22-11-19-34-18-7-8-20-39(34)40)46-33-32-42(36-16-5-2-6-17-36)52-49(46)45-21-9-10-27-48(45)55-52/h1-33H. The largest absolute Gasteiger partial charge is 0.453 e. The molecule has 0 saturated heterocycles. The third-order valence-corrected chi connectivity index (χ3v) is 12.1. The molecule has 0 saturated carbocycles. The Morgan fingerprint density at radius 2 is 0.945 bits per heavy atom. The zero-order chi connectivity index (χ0) is 36.3. The van der Waals surface area contributed by atoms with Crippen LogP contribution in [0.2, 0.25) is 0 Å². The lowest BCUT2D eigenvalue weighted by molar-refractivity contribution is 0.670. The van der Waals surface area contributed by atoms with E-state index in [1.54, 1.807) is 0 Å². The second-order valence-electron chi connectivity index (χ2n) is 14.0. The molecule has 0 fully saturated rings. The maximum absolute atomic E-state index is 7.07. The Kier molecular flexibility index (Phi) is 7.39. The lowest BCUT2D eigenvalue weighted by Crippen LogP contribution is -2.10. The highest BCUT2D eigenvalue weighted by atomic mass is 32.1. The van der Waals surface area contributed by atoms with Crippen LogP contribution < -0.4 is 4.90 Å². The maximum atomic E-state index is 7.07. The molecule has 55 heavy (non-hydrogen) atoms. The van der Waals surface area contributed by atoms with Crippen LogP contribution >= 0.6 is 11.3 Å². The van der Waals surface area contributed by atoms with E-state index in [1.165, 1.54) is 53.2 Å². The maximum Gasteiger partial charge on any atom is 0.159 e. The first kappa shape index (κ1) is 31.6. The van der Waals surface area contributed by atoms with Crippen LogP contribution in [0.25, 0.3) is 86.3 Å². The van der Waals surface area contributed by atoms with Crippen molar-refractivity contribution in [3.05, 3.63) is 200 Å². The first-order valence-electron chi connectivity index (χ1n) is 18.7. The molecule has 0 atom stereocenters. The van der Waals surface area contributed by atoms with E-state index in [1.807, 2.05) is 11.3 Å². The lowest BCUT2D eigenvalue weighted by atomic mass is 9.97. The molecule has 11 rings (SSSR count). The van der Waals surface area contributed by atoms with Crippen LogP contribution in [0.5, 0.6) is 0 Å². The van der Waals surface area contributed by atoms with Gasteiger partial charge < -0.3 is 9.32 Å². The summed E-state index contributed by atoms with van der Waals surface area (Å²) in [5.74, 6) is 0. The van der Waals surface area contributed by atoms with Gasteiger partial charge in [0.15, 0.2) is 5.58 Å². The van der Waals surface area contributed by atoms with Crippen molar-refractivity contribution in [2.24, 2.45) is 0 Å². The average molecular weight is 720 g/mol. The van der Waals surface area contributed by atoms with Gasteiger partial charge in [-0.15, -0.1) is 11.3 Å². The van der Waals surface area contributed by atoms with Crippen molar-refractivity contribution >= 4 is 81.3 Å². The first-order chi connectivity index (χ1) is 27.3. The van der Waals surface area contributed by atoms with Gasteiger partial charge in [-0.05, 0) is 68.9 Å². The molecule has 0 bridgehead atoms. The molecule has 0 N–H and O–H groups in total. The van der Waals surface area contributed by atoms with Gasteiger partial charge in [0.1, 0.15) is 5.58 Å². The van der Waals surface area contributed by atoms with Crippen molar-refractivity contribution in [1.82, 2.24) is 0 Å². The van der Waals surface area contributed by atoms with Gasteiger partial charge in [0.2, 0.25) is 0 Å². The summed E-state index contributed by atoms with van der Waals surface area (Å²) >= 11 is 1.86. The smallest absolute Gasteiger partial charge is 0.159 e. The molecule has 0 aliphatic rings. The van der Waals surface area contributed by atoms with E-state index < -0.39 is 0 Å². The molecule has 11 aromatic rings. The lowest BCUT2D eigenvalue weighted by Gasteiger charge is -2.27. The third kappa shape index (κ3) is 5.16. The molecule has 0 spiro atoms. The van der Waals surface area contributed by atoms with Crippen LogP contribution in [0.3, 0.4) is 0 Å². The van der Waals surface area contributed by atoms with E-state index in [9.17, 15) is 0 Å². The molecule has 0 radical (unpaired) electrons. The van der Waals surface area contributed by atoms with Gasteiger partial charge in [-0.25, -0.2) is 0 Å². The molecule has 9 aromatic carbocycles. The first-order valence-corrected chi connectivity index (χ1v) is 19.5. The van der Waals surface area contributed by atoms with Gasteiger partial charge in [0.05, 0.1) is 11.4 Å². The summed E-state index contributed by atoms with van der Waals surface area (Å²) in [6.07, 6.45) is 0. The highest BCUT2D eigenvalue weighted by Gasteiger charge is 2.25. The summed E-state index contributed by atoms with van der Waals surface area (Å²) in [6.45, 7) is 0. The van der Waals surface area contributed by atoms with Crippen LogP contribution in [0.15, 0.2) is 205 Å². The van der Waals surface area contributed by atoms with Gasteiger partial charge in [0.25, 0.3) is 0 Å². The third-order valence-electron chi connectivity index (χ3n) is 10.9. The Balaban J connectivity index is 1.19. The fourth-order valence-electron chi connectivity index (χ4n) is 8.34. The number of nitrogens with zero attached hydrogens (tertiary/aromatic N) is 1. The molecule has 0 amide bonds. The number of para-hydroxylation sites is 2. The number of hydrogen-bond acceptors (Lipinski definition) is 3. The molecule has 0 aliphatic heterocycles. The quantitative estimate of drug-likeness (QED) is 0.170. The van der Waals surface area contributed by atoms with E-state index in [4.69, 9.17) is 4.42 Å². The van der Waals surface area contributed by atoms with E-state index in [-0.39, 0.29) is 0 Å². The minimum atomic E-state index is 0.860. The number of thiophene rings is 1. The Morgan fingerprint density at radius 1 is 0.364 bits per heavy atom. The fourth-order valence-corrected chi connectivity index (χ4v) is 9.60. The Morgan fingerprint density at radius 3 is 1.75 bits per heavy atom. The number of furan rings is 1. The molecule has 0 unspecified atom stereocenters. The second kappa shape index (κ2) is 12.9. The number of anilines is 3. The molecule has 2 heterocycles. The van der Waals surface area contributed by atoms with Crippen LogP contribution in [0, 0.1) is 0 Å². The van der Waals surface area contributed by atoms with Crippen molar-refractivity contribution in [3.63, 3.8) is 0 Å². The van der Waals surface area contributed by atoms with E-state index in [0.717, 1.165) is 50.1 Å². The van der Waals surface area contributed by atoms with Gasteiger partial charge >= 0.3 is 0 Å². The minimum Gasteiger partial charge on any atom is -0.453 e. The molecule has 2 aromatic heterocycles. The summed E-state index contributed by atoms with van der Waals surface area (Å²) in [7, 11) is 0. The number of benzene rings is 9. The van der Waals surface area contributed by atoms with Crippen LogP contribution in [0.4, 0.5) is 17.1 Å². The highest BCUT2D eigenvalue weighted by Crippen LogP contribution is 2.50. The van der Waals surface area contributed by atoms with Gasteiger partial charge in [-0.3, -0.25) is 0 Å².